The molecule has 0 spiro atoms. The lowest BCUT2D eigenvalue weighted by atomic mass is 9.94. The van der Waals surface area contributed by atoms with Crippen LogP contribution in [0.1, 0.15) is 25.7 Å². The van der Waals surface area contributed by atoms with Gasteiger partial charge in [-0.05, 0) is 31.6 Å². The van der Waals surface area contributed by atoms with E-state index < -0.39 is 18.0 Å². The van der Waals surface area contributed by atoms with Crippen LogP contribution in [0.15, 0.2) is 24.8 Å². The van der Waals surface area contributed by atoms with Crippen molar-refractivity contribution in [2.24, 2.45) is 5.92 Å². The van der Waals surface area contributed by atoms with Crippen molar-refractivity contribution in [2.75, 3.05) is 6.54 Å². The van der Waals surface area contributed by atoms with Gasteiger partial charge in [0.25, 0.3) is 0 Å². The van der Waals surface area contributed by atoms with E-state index in [0.29, 0.717) is 12.5 Å². The van der Waals surface area contributed by atoms with Crippen LogP contribution >= 0.6 is 0 Å². The molecule has 1 aliphatic carbocycles. The van der Waals surface area contributed by atoms with Gasteiger partial charge >= 0.3 is 12.0 Å². The highest BCUT2D eigenvalue weighted by Crippen LogP contribution is 2.16. The Hall–Kier alpha value is -1.78. The maximum Gasteiger partial charge on any atom is 0.326 e. The van der Waals surface area contributed by atoms with E-state index in [-0.39, 0.29) is 6.42 Å². The van der Waals surface area contributed by atoms with E-state index in [4.69, 9.17) is 5.11 Å². The van der Waals surface area contributed by atoms with Gasteiger partial charge in [-0.2, -0.15) is 0 Å². The maximum atomic E-state index is 11.5. The minimum atomic E-state index is -1.05. The minimum absolute atomic E-state index is 0.217. The van der Waals surface area contributed by atoms with Crippen molar-refractivity contribution in [3.05, 3.63) is 24.8 Å². The number of rotatable bonds is 6. The van der Waals surface area contributed by atoms with Crippen molar-refractivity contribution in [1.29, 1.82) is 0 Å². The van der Waals surface area contributed by atoms with Gasteiger partial charge in [0.05, 0.1) is 0 Å². The number of carboxylic acids is 1. The SMILES string of the molecule is C=CCC(NC(=O)NCC1CC=CCC1)C(=O)O. The smallest absolute Gasteiger partial charge is 0.326 e. The molecular weight excluding hydrogens is 232 g/mol. The monoisotopic (exact) mass is 252 g/mol. The molecule has 3 N–H and O–H groups in total. The molecule has 0 bridgehead atoms. The fourth-order valence-electron chi connectivity index (χ4n) is 1.88. The zero-order valence-corrected chi connectivity index (χ0v) is 10.4. The summed E-state index contributed by atoms with van der Waals surface area (Å²) in [5.41, 5.74) is 0. The lowest BCUT2D eigenvalue weighted by Crippen LogP contribution is -2.46. The molecule has 0 fully saturated rings. The molecule has 0 saturated carbocycles. The summed E-state index contributed by atoms with van der Waals surface area (Å²) in [6.07, 6.45) is 9.02. The van der Waals surface area contributed by atoms with E-state index in [0.717, 1.165) is 19.3 Å². The predicted molar refractivity (Wildman–Crippen MR) is 69.3 cm³/mol. The fourth-order valence-corrected chi connectivity index (χ4v) is 1.88. The number of urea groups is 1. The number of carbonyl (C=O) groups is 2. The van der Waals surface area contributed by atoms with E-state index in [1.807, 2.05) is 0 Å². The average molecular weight is 252 g/mol. The summed E-state index contributed by atoms with van der Waals surface area (Å²) < 4.78 is 0. The highest BCUT2D eigenvalue weighted by Gasteiger charge is 2.18. The summed E-state index contributed by atoms with van der Waals surface area (Å²) in [5, 5.41) is 14.0. The average Bonchev–Trinajstić information content (AvgIpc) is 2.37. The van der Waals surface area contributed by atoms with Gasteiger partial charge in [-0.1, -0.05) is 18.2 Å². The molecule has 2 atom stereocenters. The zero-order chi connectivity index (χ0) is 13.4. The Morgan fingerprint density at radius 2 is 2.28 bits per heavy atom. The second kappa shape index (κ2) is 7.53. The van der Waals surface area contributed by atoms with Crippen LogP contribution in [0.4, 0.5) is 4.79 Å². The van der Waals surface area contributed by atoms with Gasteiger partial charge in [-0.25, -0.2) is 9.59 Å². The molecule has 2 unspecified atom stereocenters. The van der Waals surface area contributed by atoms with Crippen LogP contribution in [0.2, 0.25) is 0 Å². The first kappa shape index (κ1) is 14.3. The van der Waals surface area contributed by atoms with Crippen molar-refractivity contribution in [3.63, 3.8) is 0 Å². The molecule has 1 rings (SSSR count). The van der Waals surface area contributed by atoms with Crippen LogP contribution < -0.4 is 10.6 Å². The Morgan fingerprint density at radius 1 is 1.50 bits per heavy atom. The minimum Gasteiger partial charge on any atom is -0.480 e. The highest BCUT2D eigenvalue weighted by atomic mass is 16.4. The number of allylic oxidation sites excluding steroid dienone is 2. The number of aliphatic carboxylic acids is 1. The van der Waals surface area contributed by atoms with Gasteiger partial charge in [-0.15, -0.1) is 6.58 Å². The standard InChI is InChI=1S/C13H20N2O3/c1-2-6-11(12(16)17)15-13(18)14-9-10-7-4-3-5-8-10/h2-4,10-11H,1,5-9H2,(H,16,17)(H2,14,15,18). The fraction of sp³-hybridized carbons (Fsp3) is 0.538. The number of hydrogen-bond donors (Lipinski definition) is 3. The number of amides is 2. The summed E-state index contributed by atoms with van der Waals surface area (Å²) in [6, 6.07) is -1.34. The molecule has 0 aromatic carbocycles. The summed E-state index contributed by atoms with van der Waals surface area (Å²) in [6.45, 7) is 4.05. The molecule has 0 aliphatic heterocycles. The third-order valence-electron chi connectivity index (χ3n) is 2.93. The van der Waals surface area contributed by atoms with Crippen molar-refractivity contribution >= 4 is 12.0 Å². The van der Waals surface area contributed by atoms with Gasteiger partial charge in [-0.3, -0.25) is 0 Å². The summed E-state index contributed by atoms with van der Waals surface area (Å²) >= 11 is 0. The third-order valence-corrected chi connectivity index (χ3v) is 2.93. The van der Waals surface area contributed by atoms with Crippen molar-refractivity contribution in [3.8, 4) is 0 Å². The number of hydrogen-bond acceptors (Lipinski definition) is 2. The number of carbonyl (C=O) groups excluding carboxylic acids is 1. The van der Waals surface area contributed by atoms with Crippen LogP contribution in [0.25, 0.3) is 0 Å². The number of nitrogens with one attached hydrogen (secondary N) is 2. The lowest BCUT2D eigenvalue weighted by molar-refractivity contribution is -0.139. The van der Waals surface area contributed by atoms with E-state index >= 15 is 0 Å². The topological polar surface area (TPSA) is 78.4 Å². The Balaban J connectivity index is 2.29. The van der Waals surface area contributed by atoms with Crippen molar-refractivity contribution in [2.45, 2.75) is 31.7 Å². The first-order chi connectivity index (χ1) is 8.63. The third kappa shape index (κ3) is 5.03. The lowest BCUT2D eigenvalue weighted by Gasteiger charge is -2.19. The van der Waals surface area contributed by atoms with Crippen LogP contribution in [-0.2, 0) is 4.79 Å². The van der Waals surface area contributed by atoms with E-state index in [2.05, 4.69) is 29.4 Å². The van der Waals surface area contributed by atoms with Crippen molar-refractivity contribution < 1.29 is 14.7 Å². The molecule has 0 heterocycles. The quantitative estimate of drug-likeness (QED) is 0.629. The summed E-state index contributed by atoms with van der Waals surface area (Å²) in [7, 11) is 0. The molecule has 18 heavy (non-hydrogen) atoms. The Labute approximate surface area is 107 Å². The van der Waals surface area contributed by atoms with Gasteiger partial charge in [0.15, 0.2) is 0 Å². The molecule has 100 valence electrons. The van der Waals surface area contributed by atoms with Crippen LogP contribution in [0, 0.1) is 5.92 Å². The summed E-state index contributed by atoms with van der Waals surface area (Å²) in [5.74, 6) is -0.603. The Kier molecular flexibility index (Phi) is 5.97. The first-order valence-corrected chi connectivity index (χ1v) is 6.16. The molecule has 1 aliphatic rings. The zero-order valence-electron chi connectivity index (χ0n) is 10.4. The van der Waals surface area contributed by atoms with E-state index in [1.54, 1.807) is 0 Å². The molecule has 5 nitrogen and oxygen atoms in total. The Morgan fingerprint density at radius 3 is 2.83 bits per heavy atom. The van der Waals surface area contributed by atoms with Gasteiger partial charge in [0, 0.05) is 6.54 Å². The van der Waals surface area contributed by atoms with Gasteiger partial charge in [0.1, 0.15) is 6.04 Å². The second-order valence-electron chi connectivity index (χ2n) is 4.42. The van der Waals surface area contributed by atoms with Crippen LogP contribution in [0.3, 0.4) is 0 Å². The van der Waals surface area contributed by atoms with E-state index in [9.17, 15) is 9.59 Å². The molecule has 0 aromatic rings. The molecule has 0 aromatic heterocycles. The molecule has 0 saturated heterocycles. The molecule has 5 heteroatoms. The maximum absolute atomic E-state index is 11.5. The second-order valence-corrected chi connectivity index (χ2v) is 4.42. The first-order valence-electron chi connectivity index (χ1n) is 6.16. The van der Waals surface area contributed by atoms with Crippen molar-refractivity contribution in [1.82, 2.24) is 10.6 Å². The predicted octanol–water partition coefficient (Wildman–Crippen LogP) is 1.67. The highest BCUT2D eigenvalue weighted by molar-refractivity contribution is 5.82. The van der Waals surface area contributed by atoms with E-state index in [1.165, 1.54) is 6.08 Å². The Bertz CT molecular complexity index is 339. The largest absolute Gasteiger partial charge is 0.480 e. The molecule has 0 radical (unpaired) electrons. The summed E-state index contributed by atoms with van der Waals surface area (Å²) in [4.78, 5) is 22.4. The number of carboxylic acid groups (broad SMARTS) is 1. The van der Waals surface area contributed by atoms with Crippen LogP contribution in [-0.4, -0.2) is 29.7 Å². The van der Waals surface area contributed by atoms with Gasteiger partial charge < -0.3 is 15.7 Å². The molecule has 2 amide bonds. The molecular formula is C13H20N2O3. The normalized spacial score (nSPS) is 19.9. The van der Waals surface area contributed by atoms with Gasteiger partial charge in [0.2, 0.25) is 0 Å². The van der Waals surface area contributed by atoms with Crippen LogP contribution in [0.5, 0.6) is 0 Å².